The molecule has 26 heavy (non-hydrogen) atoms. The molecule has 3 aliphatic rings. The number of benzene rings is 1. The molecule has 4 atom stereocenters. The Bertz CT molecular complexity index is 654. The lowest BCUT2D eigenvalue weighted by Gasteiger charge is -2.38. The molecular weight excluding hydrogens is 328 g/mol. The van der Waals surface area contributed by atoms with E-state index >= 15 is 0 Å². The number of fused-ring (bicyclic) bond motifs is 2. The van der Waals surface area contributed by atoms with E-state index in [2.05, 4.69) is 29.2 Å². The van der Waals surface area contributed by atoms with Crippen molar-refractivity contribution in [1.82, 2.24) is 9.80 Å². The van der Waals surface area contributed by atoms with Gasteiger partial charge in [0.2, 0.25) is 5.91 Å². The molecule has 0 radical (unpaired) electrons. The van der Waals surface area contributed by atoms with Crippen molar-refractivity contribution in [3.8, 4) is 0 Å². The van der Waals surface area contributed by atoms with Crippen LogP contribution in [0.25, 0.3) is 0 Å². The summed E-state index contributed by atoms with van der Waals surface area (Å²) in [5.41, 5.74) is 1.34. The van der Waals surface area contributed by atoms with Gasteiger partial charge in [0.25, 0.3) is 0 Å². The van der Waals surface area contributed by atoms with Gasteiger partial charge >= 0.3 is 5.97 Å². The fourth-order valence-electron chi connectivity index (χ4n) is 5.34. The van der Waals surface area contributed by atoms with E-state index < -0.39 is 11.9 Å². The topological polar surface area (TPSA) is 60.9 Å². The highest BCUT2D eigenvalue weighted by Gasteiger charge is 2.54. The predicted molar refractivity (Wildman–Crippen MR) is 98.6 cm³/mol. The minimum Gasteiger partial charge on any atom is -0.481 e. The summed E-state index contributed by atoms with van der Waals surface area (Å²) in [5, 5.41) is 9.59. The molecule has 1 heterocycles. The predicted octanol–water partition coefficient (Wildman–Crippen LogP) is 2.12. The van der Waals surface area contributed by atoms with Gasteiger partial charge in [-0.05, 0) is 43.1 Å². The molecule has 1 aromatic carbocycles. The number of rotatable bonds is 5. The van der Waals surface area contributed by atoms with Crippen molar-refractivity contribution < 1.29 is 14.7 Å². The van der Waals surface area contributed by atoms with Gasteiger partial charge in [0.05, 0.1) is 11.8 Å². The van der Waals surface area contributed by atoms with Crippen LogP contribution in [0.2, 0.25) is 0 Å². The molecule has 5 heteroatoms. The van der Waals surface area contributed by atoms with Crippen molar-refractivity contribution in [3.05, 3.63) is 35.9 Å². The van der Waals surface area contributed by atoms with E-state index in [0.717, 1.165) is 58.4 Å². The van der Waals surface area contributed by atoms with Crippen molar-refractivity contribution in [1.29, 1.82) is 0 Å². The van der Waals surface area contributed by atoms with Crippen LogP contribution in [-0.2, 0) is 16.0 Å². The Morgan fingerprint density at radius 3 is 2.27 bits per heavy atom. The highest BCUT2D eigenvalue weighted by molar-refractivity contribution is 5.86. The third-order valence-electron chi connectivity index (χ3n) is 6.73. The summed E-state index contributed by atoms with van der Waals surface area (Å²) in [6.45, 7) is 4.24. The Labute approximate surface area is 155 Å². The largest absolute Gasteiger partial charge is 0.481 e. The van der Waals surface area contributed by atoms with Crippen LogP contribution in [0.3, 0.4) is 0 Å². The van der Waals surface area contributed by atoms with Crippen molar-refractivity contribution >= 4 is 11.9 Å². The maximum Gasteiger partial charge on any atom is 0.307 e. The Balaban J connectivity index is 1.30. The summed E-state index contributed by atoms with van der Waals surface area (Å²) >= 11 is 0. The molecule has 1 saturated heterocycles. The number of amides is 1. The minimum atomic E-state index is -0.767. The van der Waals surface area contributed by atoms with Crippen LogP contribution in [0.5, 0.6) is 0 Å². The smallest absolute Gasteiger partial charge is 0.307 e. The quantitative estimate of drug-likeness (QED) is 0.878. The zero-order chi connectivity index (χ0) is 18.1. The SMILES string of the molecule is O=C(O)[C@@H]1[C@H]2CC[C@@H](C2)[C@H]1C(=O)N1CCN(CCc2ccccc2)CC1. The molecule has 2 bridgehead atoms. The fourth-order valence-corrected chi connectivity index (χ4v) is 5.34. The molecule has 140 valence electrons. The molecule has 1 aromatic rings. The van der Waals surface area contributed by atoms with Crippen LogP contribution in [-0.4, -0.2) is 59.5 Å². The zero-order valence-corrected chi connectivity index (χ0v) is 15.2. The van der Waals surface area contributed by atoms with E-state index in [1.54, 1.807) is 0 Å². The van der Waals surface area contributed by atoms with Crippen molar-refractivity contribution in [2.75, 3.05) is 32.7 Å². The van der Waals surface area contributed by atoms with E-state index in [1.807, 2.05) is 11.0 Å². The van der Waals surface area contributed by atoms with E-state index in [9.17, 15) is 14.7 Å². The van der Waals surface area contributed by atoms with Crippen molar-refractivity contribution in [2.45, 2.75) is 25.7 Å². The lowest BCUT2D eigenvalue weighted by molar-refractivity contribution is -0.153. The first-order chi connectivity index (χ1) is 12.6. The Morgan fingerprint density at radius 1 is 0.962 bits per heavy atom. The molecule has 2 saturated carbocycles. The molecule has 0 spiro atoms. The van der Waals surface area contributed by atoms with Crippen LogP contribution in [0.15, 0.2) is 30.3 Å². The summed E-state index contributed by atoms with van der Waals surface area (Å²) in [5.74, 6) is -0.868. The maximum atomic E-state index is 13.0. The van der Waals surface area contributed by atoms with Gasteiger partial charge in [0, 0.05) is 32.7 Å². The molecule has 1 amide bonds. The second-order valence-electron chi connectivity index (χ2n) is 8.13. The standard InChI is InChI=1S/C21H28N2O3/c24-20(18-16-6-7-17(14-16)19(18)21(25)26)23-12-10-22(11-13-23)9-8-15-4-2-1-3-5-15/h1-5,16-19H,6-14H2,(H,25,26)/t16-,17-,18+,19+/m0/s1. The first kappa shape index (κ1) is 17.5. The van der Waals surface area contributed by atoms with Gasteiger partial charge in [-0.2, -0.15) is 0 Å². The van der Waals surface area contributed by atoms with Crippen molar-refractivity contribution in [2.24, 2.45) is 23.7 Å². The average Bonchev–Trinajstić information content (AvgIpc) is 3.28. The molecule has 5 nitrogen and oxygen atoms in total. The fraction of sp³-hybridized carbons (Fsp3) is 0.619. The van der Waals surface area contributed by atoms with Gasteiger partial charge < -0.3 is 10.0 Å². The number of hydrogen-bond donors (Lipinski definition) is 1. The summed E-state index contributed by atoms with van der Waals surface area (Å²) in [7, 11) is 0. The van der Waals surface area contributed by atoms with Crippen molar-refractivity contribution in [3.63, 3.8) is 0 Å². The Morgan fingerprint density at radius 2 is 1.62 bits per heavy atom. The number of piperazine rings is 1. The number of hydrogen-bond acceptors (Lipinski definition) is 3. The van der Waals surface area contributed by atoms with Crippen LogP contribution < -0.4 is 0 Å². The molecule has 0 unspecified atom stereocenters. The second-order valence-corrected chi connectivity index (χ2v) is 8.13. The number of carboxylic acids is 1. The average molecular weight is 356 g/mol. The molecule has 2 aliphatic carbocycles. The highest BCUT2D eigenvalue weighted by atomic mass is 16.4. The molecule has 3 fully saturated rings. The lowest BCUT2D eigenvalue weighted by atomic mass is 9.78. The van der Waals surface area contributed by atoms with Crippen LogP contribution in [0.4, 0.5) is 0 Å². The van der Waals surface area contributed by atoms with Gasteiger partial charge in [0.1, 0.15) is 0 Å². The first-order valence-corrected chi connectivity index (χ1v) is 9.91. The third-order valence-corrected chi connectivity index (χ3v) is 6.73. The second kappa shape index (κ2) is 7.39. The Kier molecular flexibility index (Phi) is 4.98. The third kappa shape index (κ3) is 3.37. The molecular formula is C21H28N2O3. The normalized spacial score (nSPS) is 31.3. The maximum absolute atomic E-state index is 13.0. The number of aliphatic carboxylic acids is 1. The number of carbonyl (C=O) groups is 2. The summed E-state index contributed by atoms with van der Waals surface area (Å²) in [4.78, 5) is 29.1. The van der Waals surface area contributed by atoms with Crippen LogP contribution in [0, 0.1) is 23.7 Å². The van der Waals surface area contributed by atoms with E-state index in [0.29, 0.717) is 5.92 Å². The van der Waals surface area contributed by atoms with Crippen LogP contribution >= 0.6 is 0 Å². The highest BCUT2D eigenvalue weighted by Crippen LogP contribution is 2.53. The molecule has 1 N–H and O–H groups in total. The molecule has 0 aromatic heterocycles. The first-order valence-electron chi connectivity index (χ1n) is 9.91. The molecule has 1 aliphatic heterocycles. The van der Waals surface area contributed by atoms with E-state index in [-0.39, 0.29) is 17.7 Å². The van der Waals surface area contributed by atoms with Gasteiger partial charge in [0.15, 0.2) is 0 Å². The number of nitrogens with zero attached hydrogens (tertiary/aromatic N) is 2. The van der Waals surface area contributed by atoms with Crippen LogP contribution in [0.1, 0.15) is 24.8 Å². The Hall–Kier alpha value is -1.88. The van der Waals surface area contributed by atoms with Gasteiger partial charge in [-0.1, -0.05) is 30.3 Å². The summed E-state index contributed by atoms with van der Waals surface area (Å²) in [6.07, 6.45) is 3.98. The summed E-state index contributed by atoms with van der Waals surface area (Å²) < 4.78 is 0. The summed E-state index contributed by atoms with van der Waals surface area (Å²) in [6, 6.07) is 10.5. The van der Waals surface area contributed by atoms with Gasteiger partial charge in [-0.15, -0.1) is 0 Å². The lowest BCUT2D eigenvalue weighted by Crippen LogP contribution is -2.52. The monoisotopic (exact) mass is 356 g/mol. The number of carboxylic acid groups (broad SMARTS) is 1. The van der Waals surface area contributed by atoms with Gasteiger partial charge in [-0.25, -0.2) is 0 Å². The van der Waals surface area contributed by atoms with E-state index in [1.165, 1.54) is 5.56 Å². The molecule has 4 rings (SSSR count). The zero-order valence-electron chi connectivity index (χ0n) is 15.2. The minimum absolute atomic E-state index is 0.104. The van der Waals surface area contributed by atoms with Gasteiger partial charge in [-0.3, -0.25) is 14.5 Å². The number of carbonyl (C=O) groups excluding carboxylic acids is 1. The van der Waals surface area contributed by atoms with E-state index in [4.69, 9.17) is 0 Å².